The molecule has 2 aromatic rings. The fourth-order valence-corrected chi connectivity index (χ4v) is 2.78. The zero-order valence-electron chi connectivity index (χ0n) is 12.2. The Labute approximate surface area is 124 Å². The Hall–Kier alpha value is -1.46. The van der Waals surface area contributed by atoms with Crippen LogP contribution in [0.2, 0.25) is 0 Å². The Balaban J connectivity index is 2.21. The average Bonchev–Trinajstić information content (AvgIpc) is 2.97. The number of hydrogen-bond acceptors (Lipinski definition) is 5. The largest absolute Gasteiger partial charge is 0.496 e. The third kappa shape index (κ3) is 3.77. The molecule has 1 aromatic carbocycles. The lowest BCUT2D eigenvalue weighted by Crippen LogP contribution is -2.23. The zero-order valence-corrected chi connectivity index (χ0v) is 13.0. The molecule has 0 spiro atoms. The minimum atomic E-state index is 0.241. The molecular formula is C15H21N3OS. The van der Waals surface area contributed by atoms with Crippen LogP contribution < -0.4 is 10.1 Å². The molecule has 0 aliphatic carbocycles. The van der Waals surface area contributed by atoms with Gasteiger partial charge in [0.05, 0.1) is 18.2 Å². The second-order valence-corrected chi connectivity index (χ2v) is 5.66. The van der Waals surface area contributed by atoms with Gasteiger partial charge in [0.2, 0.25) is 0 Å². The van der Waals surface area contributed by atoms with Crippen molar-refractivity contribution in [2.24, 2.45) is 0 Å². The first-order valence-electron chi connectivity index (χ1n) is 6.88. The summed E-state index contributed by atoms with van der Waals surface area (Å²) < 4.78 is 9.44. The van der Waals surface area contributed by atoms with Crippen LogP contribution in [0.25, 0.3) is 0 Å². The van der Waals surface area contributed by atoms with Crippen molar-refractivity contribution in [1.82, 2.24) is 14.9 Å². The highest BCUT2D eigenvalue weighted by atomic mass is 32.1. The van der Waals surface area contributed by atoms with Crippen LogP contribution in [0.5, 0.6) is 5.75 Å². The molecule has 5 heteroatoms. The number of rotatable bonds is 7. The normalized spacial score (nSPS) is 12.3. The van der Waals surface area contributed by atoms with Crippen LogP contribution in [0.15, 0.2) is 24.4 Å². The van der Waals surface area contributed by atoms with E-state index in [1.165, 1.54) is 27.5 Å². The summed E-state index contributed by atoms with van der Waals surface area (Å²) in [5.41, 5.74) is 2.46. The maximum atomic E-state index is 5.47. The highest BCUT2D eigenvalue weighted by Gasteiger charge is 2.16. The second-order valence-electron chi connectivity index (χ2n) is 4.85. The molecule has 0 fully saturated rings. The predicted molar refractivity (Wildman–Crippen MR) is 82.4 cm³/mol. The van der Waals surface area contributed by atoms with Gasteiger partial charge in [-0.2, -0.15) is 0 Å². The van der Waals surface area contributed by atoms with Crippen molar-refractivity contribution < 1.29 is 4.74 Å². The van der Waals surface area contributed by atoms with Gasteiger partial charge in [0.1, 0.15) is 5.75 Å². The summed E-state index contributed by atoms with van der Waals surface area (Å²) in [6, 6.07) is 6.54. The highest BCUT2D eigenvalue weighted by Crippen LogP contribution is 2.27. The van der Waals surface area contributed by atoms with Crippen LogP contribution in [-0.2, 0) is 6.42 Å². The molecule has 1 aromatic heterocycles. The van der Waals surface area contributed by atoms with Crippen molar-refractivity contribution in [1.29, 1.82) is 0 Å². The molecule has 0 amide bonds. The van der Waals surface area contributed by atoms with E-state index < -0.39 is 0 Å². The van der Waals surface area contributed by atoms with Crippen molar-refractivity contribution in [2.45, 2.75) is 32.7 Å². The molecule has 0 aliphatic rings. The summed E-state index contributed by atoms with van der Waals surface area (Å²) in [4.78, 5) is 1.17. The standard InChI is InChI=1S/C15H21N3OS/c1-4-7-16-13(15-10-17-18-20-15)9-12-8-11(2)5-6-14(12)19-3/h5-6,8,10,13,16H,4,7,9H2,1-3H3. The van der Waals surface area contributed by atoms with E-state index in [1.807, 2.05) is 12.3 Å². The molecular weight excluding hydrogens is 270 g/mol. The summed E-state index contributed by atoms with van der Waals surface area (Å²) in [6.45, 7) is 5.25. The van der Waals surface area contributed by atoms with Crippen molar-refractivity contribution in [2.75, 3.05) is 13.7 Å². The van der Waals surface area contributed by atoms with Crippen molar-refractivity contribution in [3.63, 3.8) is 0 Å². The molecule has 1 heterocycles. The monoisotopic (exact) mass is 291 g/mol. The van der Waals surface area contributed by atoms with E-state index in [2.05, 4.69) is 40.9 Å². The van der Waals surface area contributed by atoms with Gasteiger partial charge in [-0.25, -0.2) is 0 Å². The summed E-state index contributed by atoms with van der Waals surface area (Å²) >= 11 is 1.45. The third-order valence-corrected chi connectivity index (χ3v) is 4.00. The Kier molecular flexibility index (Phi) is 5.49. The van der Waals surface area contributed by atoms with Gasteiger partial charge in [0, 0.05) is 6.04 Å². The zero-order chi connectivity index (χ0) is 14.4. The van der Waals surface area contributed by atoms with Gasteiger partial charge < -0.3 is 10.1 Å². The molecule has 0 bridgehead atoms. The van der Waals surface area contributed by atoms with E-state index in [-0.39, 0.29) is 6.04 Å². The van der Waals surface area contributed by atoms with Crippen molar-refractivity contribution >= 4 is 11.5 Å². The summed E-state index contributed by atoms with van der Waals surface area (Å²) in [6.07, 6.45) is 3.84. The van der Waals surface area contributed by atoms with Crippen molar-refractivity contribution in [3.05, 3.63) is 40.4 Å². The van der Waals surface area contributed by atoms with Gasteiger partial charge in [0.25, 0.3) is 0 Å². The molecule has 0 saturated carbocycles. The predicted octanol–water partition coefficient (Wildman–Crippen LogP) is 3.14. The molecule has 20 heavy (non-hydrogen) atoms. The number of aromatic nitrogens is 2. The van der Waals surface area contributed by atoms with E-state index >= 15 is 0 Å². The fraction of sp³-hybridized carbons (Fsp3) is 0.467. The molecule has 1 N–H and O–H groups in total. The first-order chi connectivity index (χ1) is 9.74. The smallest absolute Gasteiger partial charge is 0.122 e. The van der Waals surface area contributed by atoms with Gasteiger partial charge in [-0.1, -0.05) is 29.1 Å². The van der Waals surface area contributed by atoms with E-state index in [4.69, 9.17) is 4.74 Å². The minimum Gasteiger partial charge on any atom is -0.496 e. The molecule has 0 aliphatic heterocycles. The molecule has 2 rings (SSSR count). The first kappa shape index (κ1) is 14.9. The maximum Gasteiger partial charge on any atom is 0.122 e. The van der Waals surface area contributed by atoms with Crippen LogP contribution in [0.1, 0.15) is 35.4 Å². The summed E-state index contributed by atoms with van der Waals surface area (Å²) in [5, 5.41) is 7.52. The Morgan fingerprint density at radius 1 is 1.40 bits per heavy atom. The number of nitrogens with zero attached hydrogens (tertiary/aromatic N) is 2. The summed E-state index contributed by atoms with van der Waals surface area (Å²) in [7, 11) is 1.72. The number of aryl methyl sites for hydroxylation is 1. The Morgan fingerprint density at radius 3 is 2.90 bits per heavy atom. The molecule has 0 radical (unpaired) electrons. The van der Waals surface area contributed by atoms with Gasteiger partial charge in [-0.15, -0.1) is 5.10 Å². The van der Waals surface area contributed by atoms with Gasteiger partial charge in [-0.05, 0) is 49.5 Å². The molecule has 0 saturated heterocycles. The number of benzene rings is 1. The maximum absolute atomic E-state index is 5.47. The van der Waals surface area contributed by atoms with Gasteiger partial charge >= 0.3 is 0 Å². The number of hydrogen-bond donors (Lipinski definition) is 1. The number of methoxy groups -OCH3 is 1. The molecule has 108 valence electrons. The molecule has 1 atom stereocenters. The van der Waals surface area contributed by atoms with E-state index in [0.29, 0.717) is 0 Å². The average molecular weight is 291 g/mol. The molecule has 4 nitrogen and oxygen atoms in total. The van der Waals surface area contributed by atoms with Crippen LogP contribution in [0, 0.1) is 6.92 Å². The van der Waals surface area contributed by atoms with Crippen LogP contribution in [0.3, 0.4) is 0 Å². The fourth-order valence-electron chi connectivity index (χ4n) is 2.21. The minimum absolute atomic E-state index is 0.241. The van der Waals surface area contributed by atoms with E-state index in [9.17, 15) is 0 Å². The molecule has 1 unspecified atom stereocenters. The highest BCUT2D eigenvalue weighted by molar-refractivity contribution is 7.05. The lowest BCUT2D eigenvalue weighted by molar-refractivity contribution is 0.405. The van der Waals surface area contributed by atoms with Crippen molar-refractivity contribution in [3.8, 4) is 5.75 Å². The van der Waals surface area contributed by atoms with Gasteiger partial charge in [-0.3, -0.25) is 0 Å². The van der Waals surface area contributed by atoms with Crippen LogP contribution in [-0.4, -0.2) is 23.2 Å². The van der Waals surface area contributed by atoms with Crippen LogP contribution >= 0.6 is 11.5 Å². The van der Waals surface area contributed by atoms with E-state index in [1.54, 1.807) is 7.11 Å². The Morgan fingerprint density at radius 2 is 2.25 bits per heavy atom. The first-order valence-corrected chi connectivity index (χ1v) is 7.66. The lowest BCUT2D eigenvalue weighted by atomic mass is 10.0. The quantitative estimate of drug-likeness (QED) is 0.851. The second kappa shape index (κ2) is 7.36. The SMILES string of the molecule is CCCNC(Cc1cc(C)ccc1OC)c1cnns1. The summed E-state index contributed by atoms with van der Waals surface area (Å²) in [5.74, 6) is 0.941. The number of ether oxygens (including phenoxy) is 1. The topological polar surface area (TPSA) is 47.0 Å². The van der Waals surface area contributed by atoms with E-state index in [0.717, 1.165) is 25.1 Å². The van der Waals surface area contributed by atoms with Gasteiger partial charge in [0.15, 0.2) is 0 Å². The number of nitrogens with one attached hydrogen (secondary N) is 1. The third-order valence-electron chi connectivity index (χ3n) is 3.22. The van der Waals surface area contributed by atoms with Crippen LogP contribution in [0.4, 0.5) is 0 Å². The lowest BCUT2D eigenvalue weighted by Gasteiger charge is -2.18. The Bertz CT molecular complexity index is 528.